The number of hydrogen-bond donors (Lipinski definition) is 0. The highest BCUT2D eigenvalue weighted by Gasteiger charge is 2.32. The van der Waals surface area contributed by atoms with Crippen LogP contribution in [0.4, 0.5) is 4.39 Å². The molecule has 0 radical (unpaired) electrons. The van der Waals surface area contributed by atoms with Crippen molar-refractivity contribution in [3.8, 4) is 22.6 Å². The van der Waals surface area contributed by atoms with Crippen molar-refractivity contribution in [3.63, 3.8) is 0 Å². The van der Waals surface area contributed by atoms with Gasteiger partial charge in [-0.15, -0.1) is 0 Å². The molecular weight excluding hydrogens is 511 g/mol. The zero-order valence-electron chi connectivity index (χ0n) is 22.8. The molecule has 0 amide bonds. The number of fused-ring (bicyclic) bond motifs is 2. The Morgan fingerprint density at radius 3 is 2.60 bits per heavy atom. The lowest BCUT2D eigenvalue weighted by molar-refractivity contribution is -0.141. The number of methoxy groups -OCH3 is 1. The van der Waals surface area contributed by atoms with Crippen LogP contribution in [0.15, 0.2) is 48.5 Å². The minimum atomic E-state index is -0.418. The Hall–Kier alpha value is -4.13. The summed E-state index contributed by atoms with van der Waals surface area (Å²) in [6.45, 7) is 4.92. The highest BCUT2D eigenvalue weighted by molar-refractivity contribution is 5.93. The molecule has 0 spiro atoms. The molecule has 7 heteroatoms. The summed E-state index contributed by atoms with van der Waals surface area (Å²) in [5, 5.41) is 0. The second-order valence-electron chi connectivity index (χ2n) is 10.7. The lowest BCUT2D eigenvalue weighted by Gasteiger charge is -2.20. The van der Waals surface area contributed by atoms with E-state index in [0.717, 1.165) is 44.5 Å². The molecule has 6 rings (SSSR count). The number of carbonyl (C=O) groups is 2. The number of esters is 2. The van der Waals surface area contributed by atoms with Crippen molar-refractivity contribution in [1.29, 1.82) is 0 Å². The van der Waals surface area contributed by atoms with E-state index in [9.17, 15) is 9.59 Å². The molecule has 0 bridgehead atoms. The molecule has 0 fully saturated rings. The van der Waals surface area contributed by atoms with E-state index in [2.05, 4.69) is 26.0 Å². The molecule has 0 saturated heterocycles. The molecule has 0 aromatic heterocycles. The van der Waals surface area contributed by atoms with Gasteiger partial charge in [-0.2, -0.15) is 0 Å². The SMILES string of the molecule is COC(=O)CC1COc2cc(O[C@@H]3CCc4c(-c5c(C)cc(C6=CC(=O)OCC6)cc5C)ccc(F)c43)ccc21. The summed E-state index contributed by atoms with van der Waals surface area (Å²) in [4.78, 5) is 23.5. The van der Waals surface area contributed by atoms with Crippen molar-refractivity contribution in [2.75, 3.05) is 20.3 Å². The summed E-state index contributed by atoms with van der Waals surface area (Å²) in [6, 6.07) is 13.2. The molecular formula is C33H31FO6. The average molecular weight is 543 g/mol. The van der Waals surface area contributed by atoms with Crippen LogP contribution in [0.1, 0.15) is 64.7 Å². The van der Waals surface area contributed by atoms with Crippen molar-refractivity contribution >= 4 is 17.5 Å². The smallest absolute Gasteiger partial charge is 0.331 e. The van der Waals surface area contributed by atoms with Gasteiger partial charge in [-0.25, -0.2) is 9.18 Å². The Morgan fingerprint density at radius 2 is 1.85 bits per heavy atom. The van der Waals surface area contributed by atoms with Crippen LogP contribution in [-0.2, 0) is 25.5 Å². The first-order chi connectivity index (χ1) is 19.3. The first-order valence-corrected chi connectivity index (χ1v) is 13.6. The number of cyclic esters (lactones) is 1. The fourth-order valence-electron chi connectivity index (χ4n) is 6.29. The molecule has 2 heterocycles. The Bertz CT molecular complexity index is 1530. The van der Waals surface area contributed by atoms with Crippen molar-refractivity contribution in [1.82, 2.24) is 0 Å². The predicted octanol–water partition coefficient (Wildman–Crippen LogP) is 6.55. The fraction of sp³-hybridized carbons (Fsp3) is 0.333. The maximum Gasteiger partial charge on any atom is 0.331 e. The third-order valence-corrected chi connectivity index (χ3v) is 8.15. The van der Waals surface area contributed by atoms with Gasteiger partial charge < -0.3 is 18.9 Å². The Balaban J connectivity index is 1.28. The largest absolute Gasteiger partial charge is 0.492 e. The van der Waals surface area contributed by atoms with Gasteiger partial charge in [0.1, 0.15) is 23.4 Å². The summed E-state index contributed by atoms with van der Waals surface area (Å²) in [5.74, 6) is 0.396. The van der Waals surface area contributed by atoms with E-state index in [1.54, 1.807) is 6.08 Å². The van der Waals surface area contributed by atoms with Crippen LogP contribution in [-0.4, -0.2) is 32.3 Å². The van der Waals surface area contributed by atoms with Crippen molar-refractivity contribution in [3.05, 3.63) is 87.7 Å². The Labute approximate surface area is 232 Å². The summed E-state index contributed by atoms with van der Waals surface area (Å²) >= 11 is 0. The number of halogens is 1. The maximum atomic E-state index is 15.3. The minimum Gasteiger partial charge on any atom is -0.492 e. The van der Waals surface area contributed by atoms with Gasteiger partial charge in [0.05, 0.1) is 26.7 Å². The van der Waals surface area contributed by atoms with Gasteiger partial charge in [0, 0.05) is 35.6 Å². The third kappa shape index (κ3) is 4.74. The fourth-order valence-corrected chi connectivity index (χ4v) is 6.29. The van der Waals surface area contributed by atoms with Gasteiger partial charge in [-0.1, -0.05) is 24.3 Å². The molecule has 2 atom stereocenters. The minimum absolute atomic E-state index is 0.0511. The van der Waals surface area contributed by atoms with Crippen molar-refractivity contribution in [2.45, 2.75) is 51.6 Å². The van der Waals surface area contributed by atoms with Gasteiger partial charge in [-0.3, -0.25) is 4.79 Å². The van der Waals surface area contributed by atoms with Crippen LogP contribution in [0.2, 0.25) is 0 Å². The van der Waals surface area contributed by atoms with E-state index < -0.39 is 6.10 Å². The lowest BCUT2D eigenvalue weighted by Crippen LogP contribution is -2.10. The van der Waals surface area contributed by atoms with E-state index in [-0.39, 0.29) is 30.1 Å². The maximum absolute atomic E-state index is 15.3. The first-order valence-electron chi connectivity index (χ1n) is 13.6. The van der Waals surface area contributed by atoms with Crippen molar-refractivity contribution < 1.29 is 32.9 Å². The highest BCUT2D eigenvalue weighted by atomic mass is 19.1. The Kier molecular flexibility index (Phi) is 6.82. The number of aryl methyl sites for hydroxylation is 2. The molecule has 1 unspecified atom stereocenters. The molecule has 3 aromatic rings. The molecule has 206 valence electrons. The van der Waals surface area contributed by atoms with Crippen LogP contribution in [0, 0.1) is 19.7 Å². The van der Waals surface area contributed by atoms with Gasteiger partial charge in [-0.05, 0) is 77.8 Å². The number of benzene rings is 3. The molecule has 6 nitrogen and oxygen atoms in total. The van der Waals surface area contributed by atoms with E-state index >= 15 is 4.39 Å². The van der Waals surface area contributed by atoms with Crippen molar-refractivity contribution in [2.24, 2.45) is 0 Å². The molecule has 2 aliphatic heterocycles. The van der Waals surface area contributed by atoms with Crippen LogP contribution >= 0.6 is 0 Å². The van der Waals surface area contributed by atoms with Gasteiger partial charge >= 0.3 is 11.9 Å². The molecule has 1 aliphatic carbocycles. The highest BCUT2D eigenvalue weighted by Crippen LogP contribution is 2.45. The normalized spacial score (nSPS) is 19.3. The first kappa shape index (κ1) is 26.1. The van der Waals surface area contributed by atoms with Crippen LogP contribution in [0.5, 0.6) is 11.5 Å². The quantitative estimate of drug-likeness (QED) is 0.329. The molecule has 0 saturated carbocycles. The summed E-state index contributed by atoms with van der Waals surface area (Å²) < 4.78 is 37.3. The average Bonchev–Trinajstić information content (AvgIpc) is 3.54. The molecule has 40 heavy (non-hydrogen) atoms. The summed E-state index contributed by atoms with van der Waals surface area (Å²) in [7, 11) is 1.38. The van der Waals surface area contributed by atoms with Gasteiger partial charge in [0.15, 0.2) is 0 Å². The van der Waals surface area contributed by atoms with Gasteiger partial charge in [0.25, 0.3) is 0 Å². The van der Waals surface area contributed by atoms with Crippen LogP contribution in [0.3, 0.4) is 0 Å². The lowest BCUT2D eigenvalue weighted by atomic mass is 9.87. The van der Waals surface area contributed by atoms with Crippen LogP contribution < -0.4 is 9.47 Å². The molecule has 0 N–H and O–H groups in total. The Morgan fingerprint density at radius 1 is 1.05 bits per heavy atom. The number of rotatable bonds is 6. The van der Waals surface area contributed by atoms with E-state index in [1.165, 1.54) is 13.2 Å². The molecule has 3 aliphatic rings. The van der Waals surface area contributed by atoms with Crippen LogP contribution in [0.25, 0.3) is 16.7 Å². The zero-order chi connectivity index (χ0) is 28.0. The van der Waals surface area contributed by atoms with E-state index in [0.29, 0.717) is 49.5 Å². The predicted molar refractivity (Wildman–Crippen MR) is 148 cm³/mol. The second kappa shape index (κ2) is 10.5. The number of hydrogen-bond acceptors (Lipinski definition) is 6. The van der Waals surface area contributed by atoms with E-state index in [4.69, 9.17) is 18.9 Å². The summed E-state index contributed by atoms with van der Waals surface area (Å²) in [6.07, 6.45) is 3.47. The monoisotopic (exact) mass is 542 g/mol. The third-order valence-electron chi connectivity index (χ3n) is 8.15. The zero-order valence-corrected chi connectivity index (χ0v) is 22.8. The topological polar surface area (TPSA) is 71.1 Å². The van der Waals surface area contributed by atoms with Gasteiger partial charge in [0.2, 0.25) is 0 Å². The summed E-state index contributed by atoms with van der Waals surface area (Å²) in [5.41, 5.74) is 8.77. The number of carbonyl (C=O) groups excluding carboxylic acids is 2. The second-order valence-corrected chi connectivity index (χ2v) is 10.7. The molecule has 3 aromatic carbocycles. The van der Waals surface area contributed by atoms with E-state index in [1.807, 2.05) is 24.3 Å². The standard InChI is InChI=1S/C33H31FO6/c1-18-12-21(20-10-11-38-31(36)14-20)13-19(2)32(18)25-6-8-27(34)33-26(25)7-9-28(33)40-23-4-5-24-22(15-30(35)37-3)17-39-29(24)16-23/h4-6,8,12-14,16,22,28H,7,9-11,15,17H2,1-3H3/t22?,28-/m1/s1. The number of ether oxygens (including phenoxy) is 4.